The fourth-order valence-electron chi connectivity index (χ4n) is 1.49. The molecule has 2 rings (SSSR count). The Morgan fingerprint density at radius 1 is 1.53 bits per heavy atom. The van der Waals surface area contributed by atoms with E-state index in [9.17, 15) is 4.79 Å². The molecule has 0 spiro atoms. The van der Waals surface area contributed by atoms with Crippen molar-refractivity contribution >= 4 is 50.7 Å². The molecule has 1 unspecified atom stereocenters. The molecule has 3 nitrogen and oxygen atoms in total. The molecule has 1 aromatic rings. The molecule has 1 fully saturated rings. The van der Waals surface area contributed by atoms with Crippen molar-refractivity contribution in [3.8, 4) is 0 Å². The second-order valence-corrected chi connectivity index (χ2v) is 5.11. The number of anilines is 1. The van der Waals surface area contributed by atoms with Crippen molar-refractivity contribution in [2.24, 2.45) is 0 Å². The Morgan fingerprint density at radius 2 is 2.27 bits per heavy atom. The van der Waals surface area contributed by atoms with E-state index in [1.165, 1.54) is 0 Å². The first-order chi connectivity index (χ1) is 7.09. The summed E-state index contributed by atoms with van der Waals surface area (Å²) in [6, 6.07) is 0. The van der Waals surface area contributed by atoms with Crippen molar-refractivity contribution < 1.29 is 4.79 Å². The van der Waals surface area contributed by atoms with Gasteiger partial charge in [0.25, 0.3) is 0 Å². The number of amides is 1. The monoisotopic (exact) mass is 308 g/mol. The number of hydrogen-bond donors (Lipinski definition) is 0. The van der Waals surface area contributed by atoms with Crippen LogP contribution in [0.4, 0.5) is 5.69 Å². The molecule has 1 aliphatic rings. The van der Waals surface area contributed by atoms with Crippen molar-refractivity contribution in [1.29, 1.82) is 0 Å². The average molecular weight is 310 g/mol. The Balaban J connectivity index is 2.38. The van der Waals surface area contributed by atoms with E-state index >= 15 is 0 Å². The largest absolute Gasteiger partial charge is 0.308 e. The summed E-state index contributed by atoms with van der Waals surface area (Å²) in [4.78, 5) is 17.1. The lowest BCUT2D eigenvalue weighted by atomic mass is 10.4. The van der Waals surface area contributed by atoms with Crippen molar-refractivity contribution in [3.63, 3.8) is 0 Å². The van der Waals surface area contributed by atoms with E-state index in [-0.39, 0.29) is 11.3 Å². The highest BCUT2D eigenvalue weighted by Gasteiger charge is 2.30. The maximum absolute atomic E-state index is 11.6. The first-order valence-electron chi connectivity index (χ1n) is 4.33. The third-order valence-electron chi connectivity index (χ3n) is 2.19. The van der Waals surface area contributed by atoms with E-state index < -0.39 is 0 Å². The molecule has 2 heterocycles. The molecule has 1 amide bonds. The van der Waals surface area contributed by atoms with Crippen molar-refractivity contribution in [1.82, 2.24) is 4.98 Å². The van der Waals surface area contributed by atoms with Crippen LogP contribution in [0.25, 0.3) is 0 Å². The number of nitrogens with zero attached hydrogens (tertiary/aromatic N) is 2. The SMILES string of the molecule is O=C1CC(Cl)CN1c1cncc(Br)c1Cl. The van der Waals surface area contributed by atoms with Crippen LogP contribution >= 0.6 is 39.1 Å². The van der Waals surface area contributed by atoms with Gasteiger partial charge in [0.05, 0.1) is 26.8 Å². The summed E-state index contributed by atoms with van der Waals surface area (Å²) in [5, 5.41) is 0.344. The van der Waals surface area contributed by atoms with E-state index in [0.717, 1.165) is 0 Å². The van der Waals surface area contributed by atoms with E-state index in [1.807, 2.05) is 0 Å². The van der Waals surface area contributed by atoms with Gasteiger partial charge < -0.3 is 4.90 Å². The third kappa shape index (κ3) is 2.12. The molecule has 0 N–H and O–H groups in total. The third-order valence-corrected chi connectivity index (χ3v) is 3.71. The maximum Gasteiger partial charge on any atom is 0.228 e. The second-order valence-electron chi connectivity index (χ2n) is 3.26. The molecule has 1 aromatic heterocycles. The minimum atomic E-state index is -0.146. The predicted molar refractivity (Wildman–Crippen MR) is 63.6 cm³/mol. The van der Waals surface area contributed by atoms with Crippen molar-refractivity contribution in [2.75, 3.05) is 11.4 Å². The fraction of sp³-hybridized carbons (Fsp3) is 0.333. The molecule has 0 saturated carbocycles. The minimum Gasteiger partial charge on any atom is -0.308 e. The van der Waals surface area contributed by atoms with Gasteiger partial charge in [-0.3, -0.25) is 9.78 Å². The van der Waals surface area contributed by atoms with Crippen LogP contribution in [0.15, 0.2) is 16.9 Å². The second kappa shape index (κ2) is 4.28. The van der Waals surface area contributed by atoms with Crippen LogP contribution in [0.3, 0.4) is 0 Å². The number of halogens is 3. The molecule has 1 saturated heterocycles. The number of carbonyl (C=O) groups excluding carboxylic acids is 1. The van der Waals surface area contributed by atoms with Gasteiger partial charge in [-0.1, -0.05) is 11.6 Å². The fourth-order valence-corrected chi connectivity index (χ4v) is 2.28. The molecular weight excluding hydrogens is 303 g/mol. The quantitative estimate of drug-likeness (QED) is 0.747. The first-order valence-corrected chi connectivity index (χ1v) is 5.93. The maximum atomic E-state index is 11.6. The van der Waals surface area contributed by atoms with Crippen molar-refractivity contribution in [2.45, 2.75) is 11.8 Å². The molecule has 80 valence electrons. The number of carbonyl (C=O) groups is 1. The van der Waals surface area contributed by atoms with Crippen LogP contribution in [0.1, 0.15) is 6.42 Å². The topological polar surface area (TPSA) is 33.2 Å². The van der Waals surface area contributed by atoms with Gasteiger partial charge in [0.1, 0.15) is 0 Å². The molecule has 0 aliphatic carbocycles. The number of aromatic nitrogens is 1. The molecule has 1 atom stereocenters. The predicted octanol–water partition coefficient (Wildman–Crippen LogP) is 2.84. The van der Waals surface area contributed by atoms with Gasteiger partial charge in [-0.2, -0.15) is 0 Å². The summed E-state index contributed by atoms with van der Waals surface area (Å²) in [6.45, 7) is 0.484. The summed E-state index contributed by atoms with van der Waals surface area (Å²) >= 11 is 15.2. The molecule has 0 radical (unpaired) electrons. The van der Waals surface area contributed by atoms with Gasteiger partial charge in [0.15, 0.2) is 0 Å². The number of rotatable bonds is 1. The van der Waals surface area contributed by atoms with E-state index in [2.05, 4.69) is 20.9 Å². The van der Waals surface area contributed by atoms with Crippen LogP contribution in [0.5, 0.6) is 0 Å². The lowest BCUT2D eigenvalue weighted by molar-refractivity contribution is -0.117. The number of hydrogen-bond acceptors (Lipinski definition) is 2. The standard InChI is InChI=1S/C9H7BrCl2N2O/c10-6-2-13-3-7(9(6)12)14-4-5(11)1-8(14)15/h2-3,5H,1,4H2. The molecule has 0 bridgehead atoms. The van der Waals surface area contributed by atoms with Crippen LogP contribution < -0.4 is 4.90 Å². The zero-order valence-corrected chi connectivity index (χ0v) is 10.7. The lowest BCUT2D eigenvalue weighted by Crippen LogP contribution is -2.25. The van der Waals surface area contributed by atoms with Gasteiger partial charge in [-0.15, -0.1) is 11.6 Å². The zero-order chi connectivity index (χ0) is 11.0. The Kier molecular flexibility index (Phi) is 3.19. The van der Waals surface area contributed by atoms with Gasteiger partial charge in [0.2, 0.25) is 5.91 Å². The summed E-state index contributed by atoms with van der Waals surface area (Å²) in [5.41, 5.74) is 0.610. The lowest BCUT2D eigenvalue weighted by Gasteiger charge is -2.17. The average Bonchev–Trinajstić information content (AvgIpc) is 2.50. The highest BCUT2D eigenvalue weighted by Crippen LogP contribution is 2.34. The van der Waals surface area contributed by atoms with Crippen LogP contribution in [-0.2, 0) is 4.79 Å². The highest BCUT2D eigenvalue weighted by atomic mass is 79.9. The summed E-state index contributed by atoms with van der Waals surface area (Å²) < 4.78 is 0.674. The smallest absolute Gasteiger partial charge is 0.228 e. The van der Waals surface area contributed by atoms with E-state index in [4.69, 9.17) is 23.2 Å². The first kappa shape index (κ1) is 11.2. The van der Waals surface area contributed by atoms with Gasteiger partial charge in [-0.25, -0.2) is 0 Å². The summed E-state index contributed by atoms with van der Waals surface area (Å²) in [5.74, 6) is -0.0169. The Bertz CT molecular complexity index is 413. The highest BCUT2D eigenvalue weighted by molar-refractivity contribution is 9.10. The Morgan fingerprint density at radius 3 is 2.87 bits per heavy atom. The molecule has 6 heteroatoms. The zero-order valence-electron chi connectivity index (χ0n) is 7.58. The number of pyridine rings is 1. The van der Waals surface area contributed by atoms with Crippen LogP contribution in [-0.4, -0.2) is 22.8 Å². The summed E-state index contributed by atoms with van der Waals surface area (Å²) in [7, 11) is 0. The molecule has 0 aromatic carbocycles. The number of alkyl halides is 1. The van der Waals surface area contributed by atoms with Crippen molar-refractivity contribution in [3.05, 3.63) is 21.9 Å². The van der Waals surface area contributed by atoms with Crippen LogP contribution in [0, 0.1) is 0 Å². The summed E-state index contributed by atoms with van der Waals surface area (Å²) in [6.07, 6.45) is 3.51. The van der Waals surface area contributed by atoms with E-state index in [1.54, 1.807) is 17.3 Å². The Labute approximate surface area is 106 Å². The van der Waals surface area contributed by atoms with Gasteiger partial charge in [0, 0.05) is 19.2 Å². The van der Waals surface area contributed by atoms with Gasteiger partial charge in [-0.05, 0) is 15.9 Å². The van der Waals surface area contributed by atoms with E-state index in [0.29, 0.717) is 28.1 Å². The molecule has 1 aliphatic heterocycles. The Hall–Kier alpha value is -0.320. The normalized spacial score (nSPS) is 21.1. The minimum absolute atomic E-state index is 0.0169. The van der Waals surface area contributed by atoms with Gasteiger partial charge >= 0.3 is 0 Å². The molecular formula is C9H7BrCl2N2O. The molecule has 15 heavy (non-hydrogen) atoms. The van der Waals surface area contributed by atoms with Crippen LogP contribution in [0.2, 0.25) is 5.02 Å².